The molecule has 5 heteroatoms. The molecular formula is C12H21N3O2. The molecule has 96 valence electrons. The van der Waals surface area contributed by atoms with Crippen LogP contribution in [-0.2, 0) is 10.3 Å². The van der Waals surface area contributed by atoms with E-state index in [0.717, 1.165) is 13.0 Å². The van der Waals surface area contributed by atoms with Crippen LogP contribution >= 0.6 is 0 Å². The van der Waals surface area contributed by atoms with Crippen molar-refractivity contribution in [2.45, 2.75) is 51.7 Å². The summed E-state index contributed by atoms with van der Waals surface area (Å²) >= 11 is 0. The third-order valence-corrected chi connectivity index (χ3v) is 3.09. The maximum absolute atomic E-state index is 5.61. The molecule has 0 unspecified atom stereocenters. The lowest BCUT2D eigenvalue weighted by Gasteiger charge is -2.21. The van der Waals surface area contributed by atoms with E-state index in [1.807, 2.05) is 20.8 Å². The summed E-state index contributed by atoms with van der Waals surface area (Å²) in [5, 5.41) is 7.43. The van der Waals surface area contributed by atoms with E-state index >= 15 is 0 Å². The minimum atomic E-state index is -0.481. The highest BCUT2D eigenvalue weighted by Gasteiger charge is 2.29. The summed E-state index contributed by atoms with van der Waals surface area (Å²) in [5.41, 5.74) is -0.481. The maximum atomic E-state index is 5.61. The average Bonchev–Trinajstić information content (AvgIpc) is 2.80. The van der Waals surface area contributed by atoms with Gasteiger partial charge in [-0.15, -0.1) is 0 Å². The molecule has 2 rings (SSSR count). The SMILES string of the molecule is CCOC(C)(C)c1noc([C@H]2CCCCN2)n1. The van der Waals surface area contributed by atoms with Gasteiger partial charge in [-0.05, 0) is 40.2 Å². The van der Waals surface area contributed by atoms with Crippen LogP contribution in [0.25, 0.3) is 0 Å². The van der Waals surface area contributed by atoms with Crippen molar-refractivity contribution >= 4 is 0 Å². The van der Waals surface area contributed by atoms with Crippen molar-refractivity contribution < 1.29 is 9.26 Å². The standard InChI is InChI=1S/C12H21N3O2/c1-4-16-12(2,3)11-14-10(17-15-11)9-7-5-6-8-13-9/h9,13H,4-8H2,1-3H3/t9-/m1/s1. The second kappa shape index (κ2) is 5.14. The summed E-state index contributed by atoms with van der Waals surface area (Å²) in [5.74, 6) is 1.31. The van der Waals surface area contributed by atoms with Gasteiger partial charge in [-0.1, -0.05) is 11.6 Å². The Morgan fingerprint density at radius 2 is 2.29 bits per heavy atom. The van der Waals surface area contributed by atoms with Crippen molar-refractivity contribution in [1.29, 1.82) is 0 Å². The molecule has 1 saturated heterocycles. The van der Waals surface area contributed by atoms with E-state index in [1.165, 1.54) is 12.8 Å². The van der Waals surface area contributed by atoms with Crippen molar-refractivity contribution in [3.8, 4) is 0 Å². The Hall–Kier alpha value is -0.940. The molecule has 0 amide bonds. The predicted molar refractivity (Wildman–Crippen MR) is 63.5 cm³/mol. The van der Waals surface area contributed by atoms with Crippen molar-refractivity contribution in [2.75, 3.05) is 13.2 Å². The van der Waals surface area contributed by atoms with Crippen LogP contribution in [0.3, 0.4) is 0 Å². The van der Waals surface area contributed by atoms with Crippen LogP contribution in [0.4, 0.5) is 0 Å². The normalized spacial score (nSPS) is 21.7. The first-order valence-electron chi connectivity index (χ1n) is 6.35. The first-order chi connectivity index (χ1) is 8.13. The second-order valence-electron chi connectivity index (χ2n) is 4.90. The van der Waals surface area contributed by atoms with E-state index in [4.69, 9.17) is 9.26 Å². The Morgan fingerprint density at radius 1 is 1.47 bits per heavy atom. The summed E-state index contributed by atoms with van der Waals surface area (Å²) < 4.78 is 10.9. The van der Waals surface area contributed by atoms with E-state index in [0.29, 0.717) is 18.3 Å². The molecule has 0 saturated carbocycles. The molecule has 2 heterocycles. The molecule has 17 heavy (non-hydrogen) atoms. The zero-order chi connectivity index (χ0) is 12.3. The molecule has 0 aliphatic carbocycles. The maximum Gasteiger partial charge on any atom is 0.243 e. The lowest BCUT2D eigenvalue weighted by molar-refractivity contribution is -0.0221. The molecule has 0 aromatic carbocycles. The first-order valence-corrected chi connectivity index (χ1v) is 6.35. The van der Waals surface area contributed by atoms with Gasteiger partial charge >= 0.3 is 0 Å². The third-order valence-electron chi connectivity index (χ3n) is 3.09. The molecule has 0 bridgehead atoms. The van der Waals surface area contributed by atoms with Gasteiger partial charge < -0.3 is 14.6 Å². The van der Waals surface area contributed by atoms with Gasteiger partial charge in [0.1, 0.15) is 5.60 Å². The zero-order valence-electron chi connectivity index (χ0n) is 10.8. The summed E-state index contributed by atoms with van der Waals surface area (Å²) in [4.78, 5) is 4.46. The monoisotopic (exact) mass is 239 g/mol. The van der Waals surface area contributed by atoms with E-state index in [2.05, 4.69) is 15.5 Å². The van der Waals surface area contributed by atoms with Crippen LogP contribution in [0.2, 0.25) is 0 Å². The third kappa shape index (κ3) is 2.84. The van der Waals surface area contributed by atoms with Crippen molar-refractivity contribution in [2.24, 2.45) is 0 Å². The van der Waals surface area contributed by atoms with E-state index in [9.17, 15) is 0 Å². The summed E-state index contributed by atoms with van der Waals surface area (Å²) in [6.45, 7) is 7.54. The lowest BCUT2D eigenvalue weighted by atomic mass is 10.1. The minimum Gasteiger partial charge on any atom is -0.368 e. The van der Waals surface area contributed by atoms with Crippen LogP contribution in [-0.4, -0.2) is 23.3 Å². The first kappa shape index (κ1) is 12.5. The summed E-state index contributed by atoms with van der Waals surface area (Å²) in [6.07, 6.45) is 3.50. The Morgan fingerprint density at radius 3 is 2.94 bits per heavy atom. The van der Waals surface area contributed by atoms with Crippen molar-refractivity contribution in [3.63, 3.8) is 0 Å². The van der Waals surface area contributed by atoms with Crippen molar-refractivity contribution in [3.05, 3.63) is 11.7 Å². The number of ether oxygens (including phenoxy) is 1. The fraction of sp³-hybridized carbons (Fsp3) is 0.833. The fourth-order valence-corrected chi connectivity index (χ4v) is 2.11. The quantitative estimate of drug-likeness (QED) is 0.872. The molecule has 1 atom stereocenters. The molecule has 0 radical (unpaired) electrons. The second-order valence-corrected chi connectivity index (χ2v) is 4.90. The van der Waals surface area contributed by atoms with Gasteiger partial charge in [0.2, 0.25) is 11.7 Å². The Balaban J connectivity index is 2.09. The Labute approximate surface area is 102 Å². The van der Waals surface area contributed by atoms with Crippen LogP contribution < -0.4 is 5.32 Å². The number of nitrogens with zero attached hydrogens (tertiary/aromatic N) is 2. The number of rotatable bonds is 4. The zero-order valence-corrected chi connectivity index (χ0v) is 10.8. The van der Waals surface area contributed by atoms with Crippen LogP contribution in [0.15, 0.2) is 4.52 Å². The van der Waals surface area contributed by atoms with Gasteiger partial charge in [0.05, 0.1) is 6.04 Å². The van der Waals surface area contributed by atoms with Crippen LogP contribution in [0, 0.1) is 0 Å². The Bertz CT molecular complexity index is 356. The minimum absolute atomic E-state index is 0.211. The number of aromatic nitrogens is 2. The molecule has 1 aliphatic rings. The highest BCUT2D eigenvalue weighted by Crippen LogP contribution is 2.26. The van der Waals surface area contributed by atoms with Crippen molar-refractivity contribution in [1.82, 2.24) is 15.5 Å². The molecule has 1 aromatic heterocycles. The highest BCUT2D eigenvalue weighted by atomic mass is 16.5. The number of hydrogen-bond acceptors (Lipinski definition) is 5. The van der Waals surface area contributed by atoms with Gasteiger partial charge in [-0.25, -0.2) is 0 Å². The topological polar surface area (TPSA) is 60.2 Å². The van der Waals surface area contributed by atoms with Gasteiger partial charge in [0.15, 0.2) is 0 Å². The lowest BCUT2D eigenvalue weighted by Crippen LogP contribution is -2.27. The largest absolute Gasteiger partial charge is 0.368 e. The van der Waals surface area contributed by atoms with Gasteiger partial charge in [0, 0.05) is 6.61 Å². The number of hydrogen-bond donors (Lipinski definition) is 1. The molecule has 1 fully saturated rings. The van der Waals surface area contributed by atoms with Crippen LogP contribution in [0.5, 0.6) is 0 Å². The molecule has 5 nitrogen and oxygen atoms in total. The Kier molecular flexibility index (Phi) is 3.79. The van der Waals surface area contributed by atoms with Gasteiger partial charge in [-0.2, -0.15) is 4.98 Å². The highest BCUT2D eigenvalue weighted by molar-refractivity contribution is 5.00. The van der Waals surface area contributed by atoms with E-state index in [-0.39, 0.29) is 6.04 Å². The van der Waals surface area contributed by atoms with Gasteiger partial charge in [-0.3, -0.25) is 0 Å². The molecule has 1 N–H and O–H groups in total. The molecule has 0 spiro atoms. The fourth-order valence-electron chi connectivity index (χ4n) is 2.11. The molecular weight excluding hydrogens is 218 g/mol. The molecule has 1 aliphatic heterocycles. The summed E-state index contributed by atoms with van der Waals surface area (Å²) in [7, 11) is 0. The van der Waals surface area contributed by atoms with E-state index < -0.39 is 5.60 Å². The summed E-state index contributed by atoms with van der Waals surface area (Å²) in [6, 6.07) is 0.211. The predicted octanol–water partition coefficient (Wildman–Crippen LogP) is 2.16. The van der Waals surface area contributed by atoms with Gasteiger partial charge in [0.25, 0.3) is 0 Å². The number of piperidine rings is 1. The van der Waals surface area contributed by atoms with Crippen LogP contribution in [0.1, 0.15) is 57.8 Å². The average molecular weight is 239 g/mol. The smallest absolute Gasteiger partial charge is 0.243 e. The number of nitrogens with one attached hydrogen (secondary N) is 1. The van der Waals surface area contributed by atoms with E-state index in [1.54, 1.807) is 0 Å². The molecule has 1 aromatic rings.